The van der Waals surface area contributed by atoms with Crippen LogP contribution in [0.3, 0.4) is 0 Å². The number of amides is 1. The normalized spacial score (nSPS) is 10.6. The van der Waals surface area contributed by atoms with E-state index in [4.69, 9.17) is 11.6 Å². The Bertz CT molecular complexity index is 382. The van der Waals surface area contributed by atoms with Crippen LogP contribution in [0.2, 0.25) is 5.02 Å². The van der Waals surface area contributed by atoms with E-state index in [1.54, 1.807) is 18.2 Å². The van der Waals surface area contributed by atoms with Crippen LogP contribution in [0.15, 0.2) is 22.7 Å². The zero-order valence-corrected chi connectivity index (χ0v) is 11.6. The van der Waals surface area contributed by atoms with Crippen molar-refractivity contribution < 1.29 is 4.79 Å². The lowest BCUT2D eigenvalue weighted by Gasteiger charge is -2.10. The van der Waals surface area contributed by atoms with Gasteiger partial charge in [-0.25, -0.2) is 0 Å². The highest BCUT2D eigenvalue weighted by Gasteiger charge is 2.06. The zero-order valence-electron chi connectivity index (χ0n) is 9.26. The molecule has 0 radical (unpaired) electrons. The standard InChI is InChI=1S/C11H14BrClN2O/c1-15(2)6-5-14-11(16)8-3-4-10(13)9(12)7-8/h3-4,7H,5-6H2,1-2H3,(H,14,16). The largest absolute Gasteiger partial charge is 0.351 e. The maximum atomic E-state index is 11.7. The van der Waals surface area contributed by atoms with Gasteiger partial charge < -0.3 is 10.2 Å². The highest BCUT2D eigenvalue weighted by Crippen LogP contribution is 2.23. The average Bonchev–Trinajstić information content (AvgIpc) is 2.21. The van der Waals surface area contributed by atoms with Crippen molar-refractivity contribution in [1.82, 2.24) is 10.2 Å². The van der Waals surface area contributed by atoms with Gasteiger partial charge in [-0.1, -0.05) is 11.6 Å². The van der Waals surface area contributed by atoms with Crippen molar-refractivity contribution in [2.45, 2.75) is 0 Å². The van der Waals surface area contributed by atoms with Crippen LogP contribution >= 0.6 is 27.5 Å². The molecule has 0 saturated carbocycles. The third-order valence-electron chi connectivity index (χ3n) is 2.03. The van der Waals surface area contributed by atoms with Crippen LogP contribution < -0.4 is 5.32 Å². The van der Waals surface area contributed by atoms with Crippen molar-refractivity contribution in [2.24, 2.45) is 0 Å². The van der Waals surface area contributed by atoms with Crippen molar-refractivity contribution in [3.63, 3.8) is 0 Å². The maximum Gasteiger partial charge on any atom is 0.251 e. The topological polar surface area (TPSA) is 32.3 Å². The summed E-state index contributed by atoms with van der Waals surface area (Å²) >= 11 is 9.13. The summed E-state index contributed by atoms with van der Waals surface area (Å²) in [5.41, 5.74) is 0.607. The van der Waals surface area contributed by atoms with E-state index in [1.165, 1.54) is 0 Å². The lowest BCUT2D eigenvalue weighted by molar-refractivity contribution is 0.0951. The molecule has 0 bridgehead atoms. The van der Waals surface area contributed by atoms with Gasteiger partial charge in [0, 0.05) is 23.1 Å². The van der Waals surface area contributed by atoms with Crippen molar-refractivity contribution in [2.75, 3.05) is 27.2 Å². The van der Waals surface area contributed by atoms with Gasteiger partial charge in [-0.3, -0.25) is 4.79 Å². The number of hydrogen-bond donors (Lipinski definition) is 1. The minimum Gasteiger partial charge on any atom is -0.351 e. The van der Waals surface area contributed by atoms with E-state index < -0.39 is 0 Å². The fourth-order valence-electron chi connectivity index (χ4n) is 1.13. The molecule has 88 valence electrons. The Kier molecular flexibility index (Phi) is 5.25. The second-order valence-electron chi connectivity index (χ2n) is 3.69. The van der Waals surface area contributed by atoms with Gasteiger partial charge in [0.25, 0.3) is 5.91 Å². The summed E-state index contributed by atoms with van der Waals surface area (Å²) in [7, 11) is 3.93. The predicted octanol–water partition coefficient (Wildman–Crippen LogP) is 2.39. The first-order chi connectivity index (χ1) is 7.50. The van der Waals surface area contributed by atoms with E-state index in [2.05, 4.69) is 21.2 Å². The highest BCUT2D eigenvalue weighted by atomic mass is 79.9. The molecule has 1 aromatic carbocycles. The van der Waals surface area contributed by atoms with Crippen LogP contribution in [0.1, 0.15) is 10.4 Å². The van der Waals surface area contributed by atoms with Crippen LogP contribution in [0.4, 0.5) is 0 Å². The van der Waals surface area contributed by atoms with Crippen molar-refractivity contribution >= 4 is 33.4 Å². The third-order valence-corrected chi connectivity index (χ3v) is 3.24. The molecule has 1 aromatic rings. The number of carbonyl (C=O) groups excluding carboxylic acids is 1. The molecule has 5 heteroatoms. The molecular weight excluding hydrogens is 291 g/mol. The summed E-state index contributed by atoms with van der Waals surface area (Å²) in [5, 5.41) is 3.43. The van der Waals surface area contributed by atoms with Crippen LogP contribution in [-0.2, 0) is 0 Å². The first-order valence-electron chi connectivity index (χ1n) is 4.88. The van der Waals surface area contributed by atoms with Gasteiger partial charge in [0.15, 0.2) is 0 Å². The molecule has 0 spiro atoms. The summed E-state index contributed by atoms with van der Waals surface area (Å²) in [6.45, 7) is 1.45. The molecule has 0 atom stereocenters. The summed E-state index contributed by atoms with van der Waals surface area (Å²) in [6.07, 6.45) is 0. The molecule has 0 aliphatic rings. The summed E-state index contributed by atoms with van der Waals surface area (Å²) in [4.78, 5) is 13.7. The van der Waals surface area contributed by atoms with Gasteiger partial charge in [0.2, 0.25) is 0 Å². The second kappa shape index (κ2) is 6.23. The second-order valence-corrected chi connectivity index (χ2v) is 4.95. The number of nitrogens with one attached hydrogen (secondary N) is 1. The third kappa shape index (κ3) is 4.12. The molecule has 0 heterocycles. The SMILES string of the molecule is CN(C)CCNC(=O)c1ccc(Cl)c(Br)c1. The lowest BCUT2D eigenvalue weighted by atomic mass is 10.2. The summed E-state index contributed by atoms with van der Waals surface area (Å²) in [6, 6.07) is 5.12. The molecule has 0 aromatic heterocycles. The Labute approximate surface area is 109 Å². The van der Waals surface area contributed by atoms with Gasteiger partial charge in [-0.15, -0.1) is 0 Å². The quantitative estimate of drug-likeness (QED) is 0.926. The summed E-state index contributed by atoms with van der Waals surface area (Å²) < 4.78 is 0.731. The molecule has 0 fully saturated rings. The average molecular weight is 306 g/mol. The smallest absolute Gasteiger partial charge is 0.251 e. The highest BCUT2D eigenvalue weighted by molar-refractivity contribution is 9.10. The minimum absolute atomic E-state index is 0.0841. The Hall–Kier alpha value is -0.580. The molecule has 0 saturated heterocycles. The van der Waals surface area contributed by atoms with Gasteiger partial charge in [-0.2, -0.15) is 0 Å². The lowest BCUT2D eigenvalue weighted by Crippen LogP contribution is -2.31. The molecule has 1 rings (SSSR count). The predicted molar refractivity (Wildman–Crippen MR) is 70.0 cm³/mol. The number of halogens is 2. The number of hydrogen-bond acceptors (Lipinski definition) is 2. The van der Waals surface area contributed by atoms with E-state index in [9.17, 15) is 4.79 Å². The van der Waals surface area contributed by atoms with Gasteiger partial charge >= 0.3 is 0 Å². The Morgan fingerprint density at radius 1 is 1.50 bits per heavy atom. The molecule has 0 aliphatic heterocycles. The van der Waals surface area contributed by atoms with Crippen LogP contribution in [0.25, 0.3) is 0 Å². The maximum absolute atomic E-state index is 11.7. The molecule has 1 amide bonds. The Balaban J connectivity index is 2.56. The Morgan fingerprint density at radius 2 is 2.19 bits per heavy atom. The molecule has 1 N–H and O–H groups in total. The van der Waals surface area contributed by atoms with E-state index in [0.29, 0.717) is 17.1 Å². The van der Waals surface area contributed by atoms with Crippen LogP contribution in [0.5, 0.6) is 0 Å². The van der Waals surface area contributed by atoms with E-state index in [0.717, 1.165) is 11.0 Å². The van der Waals surface area contributed by atoms with Gasteiger partial charge in [0.1, 0.15) is 0 Å². The molecule has 0 aliphatic carbocycles. The number of likely N-dealkylation sites (N-methyl/N-ethyl adjacent to an activating group) is 1. The monoisotopic (exact) mass is 304 g/mol. The fraction of sp³-hybridized carbons (Fsp3) is 0.364. The Morgan fingerprint density at radius 3 is 2.75 bits per heavy atom. The number of nitrogens with zero attached hydrogens (tertiary/aromatic N) is 1. The number of benzene rings is 1. The van der Waals surface area contributed by atoms with Crippen LogP contribution in [-0.4, -0.2) is 38.0 Å². The van der Waals surface area contributed by atoms with Crippen LogP contribution in [0, 0.1) is 0 Å². The number of carbonyl (C=O) groups is 1. The molecule has 3 nitrogen and oxygen atoms in total. The van der Waals surface area contributed by atoms with Crippen molar-refractivity contribution in [1.29, 1.82) is 0 Å². The van der Waals surface area contributed by atoms with Crippen molar-refractivity contribution in [3.05, 3.63) is 33.3 Å². The molecule has 0 unspecified atom stereocenters. The van der Waals surface area contributed by atoms with E-state index in [1.807, 2.05) is 19.0 Å². The molecule has 16 heavy (non-hydrogen) atoms. The molecular formula is C11H14BrClN2O. The van der Waals surface area contributed by atoms with Gasteiger partial charge in [-0.05, 0) is 48.2 Å². The fourth-order valence-corrected chi connectivity index (χ4v) is 1.63. The van der Waals surface area contributed by atoms with E-state index >= 15 is 0 Å². The van der Waals surface area contributed by atoms with E-state index in [-0.39, 0.29) is 5.91 Å². The first-order valence-corrected chi connectivity index (χ1v) is 6.06. The van der Waals surface area contributed by atoms with Gasteiger partial charge in [0.05, 0.1) is 5.02 Å². The summed E-state index contributed by atoms with van der Waals surface area (Å²) in [5.74, 6) is -0.0841. The zero-order chi connectivity index (χ0) is 12.1. The minimum atomic E-state index is -0.0841. The van der Waals surface area contributed by atoms with Crippen molar-refractivity contribution in [3.8, 4) is 0 Å². The first kappa shape index (κ1) is 13.5. The number of rotatable bonds is 4.